The fourth-order valence-corrected chi connectivity index (χ4v) is 4.34. The highest BCUT2D eigenvalue weighted by atomic mass is 16.5. The topological polar surface area (TPSA) is 33.0 Å². The lowest BCUT2D eigenvalue weighted by Crippen LogP contribution is -2.14. The van der Waals surface area contributed by atoms with Gasteiger partial charge in [-0.2, -0.15) is 5.26 Å². The molecule has 2 aromatic rings. The lowest BCUT2D eigenvalue weighted by molar-refractivity contribution is 0.259. The van der Waals surface area contributed by atoms with Gasteiger partial charge < -0.3 is 4.74 Å². The van der Waals surface area contributed by atoms with E-state index in [-0.39, 0.29) is 0 Å². The summed E-state index contributed by atoms with van der Waals surface area (Å²) in [4.78, 5) is 0. The Morgan fingerprint density at radius 1 is 0.903 bits per heavy atom. The Bertz CT molecular complexity index is 918. The van der Waals surface area contributed by atoms with Gasteiger partial charge in [0.05, 0.1) is 12.2 Å². The van der Waals surface area contributed by atoms with E-state index in [0.717, 1.165) is 48.0 Å². The molecule has 2 nitrogen and oxygen atoms in total. The maximum absolute atomic E-state index is 9.47. The van der Waals surface area contributed by atoms with E-state index in [4.69, 9.17) is 4.74 Å². The van der Waals surface area contributed by atoms with Crippen LogP contribution in [0.15, 0.2) is 42.5 Å². The number of unbranched alkanes of at least 4 members (excludes halogenated alkanes) is 1. The molecule has 0 saturated heterocycles. The van der Waals surface area contributed by atoms with Crippen molar-refractivity contribution in [1.82, 2.24) is 0 Å². The number of nitriles is 1. The summed E-state index contributed by atoms with van der Waals surface area (Å²) in [5.74, 6) is 8.98. The lowest BCUT2D eigenvalue weighted by atomic mass is 9.78. The number of ether oxygens (including phenoxy) is 1. The highest BCUT2D eigenvalue weighted by Crippen LogP contribution is 2.33. The Balaban J connectivity index is 1.55. The van der Waals surface area contributed by atoms with Gasteiger partial charge in [0, 0.05) is 11.1 Å². The molecule has 162 valence electrons. The maximum atomic E-state index is 9.47. The Labute approximate surface area is 188 Å². The molecule has 1 aliphatic rings. The first-order valence-electron chi connectivity index (χ1n) is 12.0. The smallest absolute Gasteiger partial charge is 0.120 e. The summed E-state index contributed by atoms with van der Waals surface area (Å²) in [5.41, 5.74) is 3.70. The van der Waals surface area contributed by atoms with Crippen molar-refractivity contribution < 1.29 is 4.74 Å². The first kappa shape index (κ1) is 23.0. The second-order valence-electron chi connectivity index (χ2n) is 8.80. The Morgan fingerprint density at radius 2 is 1.65 bits per heavy atom. The van der Waals surface area contributed by atoms with Gasteiger partial charge in [0.1, 0.15) is 11.8 Å². The van der Waals surface area contributed by atoms with Crippen molar-refractivity contribution in [1.29, 1.82) is 5.26 Å². The Hall–Kier alpha value is -2.71. The molecule has 1 fully saturated rings. The van der Waals surface area contributed by atoms with Crippen LogP contribution >= 0.6 is 0 Å². The number of rotatable bonds is 8. The van der Waals surface area contributed by atoms with Gasteiger partial charge in [-0.05, 0) is 67.0 Å². The molecule has 0 heterocycles. The largest absolute Gasteiger partial charge is 0.494 e. The average molecular weight is 414 g/mol. The number of hydrogen-bond donors (Lipinski definition) is 0. The van der Waals surface area contributed by atoms with E-state index >= 15 is 0 Å². The van der Waals surface area contributed by atoms with Crippen LogP contribution in [-0.2, 0) is 6.42 Å². The van der Waals surface area contributed by atoms with Crippen LogP contribution in [0.25, 0.3) is 0 Å². The van der Waals surface area contributed by atoms with Gasteiger partial charge in [0.15, 0.2) is 0 Å². The quantitative estimate of drug-likeness (QED) is 0.336. The van der Waals surface area contributed by atoms with Crippen molar-refractivity contribution in [3.63, 3.8) is 0 Å². The molecule has 3 rings (SSSR count). The summed E-state index contributed by atoms with van der Waals surface area (Å²) < 4.78 is 5.70. The van der Waals surface area contributed by atoms with Crippen LogP contribution in [0.3, 0.4) is 0 Å². The Kier molecular flexibility index (Phi) is 9.05. The Morgan fingerprint density at radius 3 is 2.32 bits per heavy atom. The summed E-state index contributed by atoms with van der Waals surface area (Å²) in [6.07, 6.45) is 11.6. The van der Waals surface area contributed by atoms with Crippen molar-refractivity contribution in [3.8, 4) is 23.7 Å². The second-order valence-corrected chi connectivity index (χ2v) is 8.80. The molecule has 0 unspecified atom stereocenters. The lowest BCUT2D eigenvalue weighted by Gasteiger charge is -2.27. The van der Waals surface area contributed by atoms with Crippen LogP contribution in [0.1, 0.15) is 87.5 Å². The third-order valence-corrected chi connectivity index (χ3v) is 6.56. The van der Waals surface area contributed by atoms with Gasteiger partial charge in [-0.3, -0.25) is 0 Å². The summed E-state index contributed by atoms with van der Waals surface area (Å²) in [7, 11) is 0. The molecule has 1 aliphatic carbocycles. The molecule has 0 radical (unpaired) electrons. The molecule has 0 amide bonds. The fraction of sp³-hybridized carbons (Fsp3) is 0.483. The molecule has 0 aromatic heterocycles. The molecular weight excluding hydrogens is 378 g/mol. The van der Waals surface area contributed by atoms with Gasteiger partial charge >= 0.3 is 0 Å². The number of hydrogen-bond acceptors (Lipinski definition) is 2. The summed E-state index contributed by atoms with van der Waals surface area (Å²) in [5, 5.41) is 9.47. The van der Waals surface area contributed by atoms with Crippen LogP contribution in [0.2, 0.25) is 0 Å². The predicted molar refractivity (Wildman–Crippen MR) is 128 cm³/mol. The van der Waals surface area contributed by atoms with Crippen molar-refractivity contribution >= 4 is 0 Å². The normalized spacial score (nSPS) is 18.0. The van der Waals surface area contributed by atoms with Crippen LogP contribution in [0.5, 0.6) is 5.75 Å². The van der Waals surface area contributed by atoms with E-state index in [0.29, 0.717) is 12.2 Å². The zero-order valence-corrected chi connectivity index (χ0v) is 19.1. The first-order valence-corrected chi connectivity index (χ1v) is 12.0. The third-order valence-electron chi connectivity index (χ3n) is 6.56. The zero-order chi connectivity index (χ0) is 21.9. The van der Waals surface area contributed by atoms with Crippen molar-refractivity contribution in [3.05, 3.63) is 64.7 Å². The number of aryl methyl sites for hydroxylation is 1. The minimum Gasteiger partial charge on any atom is -0.494 e. The van der Waals surface area contributed by atoms with E-state index in [1.165, 1.54) is 44.1 Å². The van der Waals surface area contributed by atoms with Crippen LogP contribution in [0.4, 0.5) is 0 Å². The number of benzene rings is 2. The zero-order valence-electron chi connectivity index (χ0n) is 19.1. The van der Waals surface area contributed by atoms with Gasteiger partial charge in [0.2, 0.25) is 0 Å². The van der Waals surface area contributed by atoms with Crippen LogP contribution < -0.4 is 4.74 Å². The minimum atomic E-state index is 0.566. The van der Waals surface area contributed by atoms with E-state index in [9.17, 15) is 5.26 Å². The van der Waals surface area contributed by atoms with Crippen molar-refractivity contribution in [2.24, 2.45) is 11.8 Å². The monoisotopic (exact) mass is 413 g/mol. The fourth-order valence-electron chi connectivity index (χ4n) is 4.34. The standard InChI is InChI=1S/C29H35NO/c1-3-5-20-31-29-19-18-27(28(21-29)22-30)17-16-26-14-12-25(13-15-26)11-10-24-8-6-23(4-2)7-9-24/h12-15,18-19,21,23-24H,3-11,20H2,1-2H3. The third kappa shape index (κ3) is 7.18. The van der Waals surface area contributed by atoms with Crippen LogP contribution in [-0.4, -0.2) is 6.61 Å². The molecule has 0 aliphatic heterocycles. The summed E-state index contributed by atoms with van der Waals surface area (Å²) in [6, 6.07) is 16.4. The summed E-state index contributed by atoms with van der Waals surface area (Å²) >= 11 is 0. The van der Waals surface area contributed by atoms with Crippen molar-refractivity contribution in [2.75, 3.05) is 6.61 Å². The molecule has 2 heteroatoms. The van der Waals surface area contributed by atoms with E-state index < -0.39 is 0 Å². The van der Waals surface area contributed by atoms with Crippen LogP contribution in [0, 0.1) is 35.0 Å². The van der Waals surface area contributed by atoms with E-state index in [1.54, 1.807) is 6.07 Å². The molecule has 31 heavy (non-hydrogen) atoms. The van der Waals surface area contributed by atoms with E-state index in [1.807, 2.05) is 12.1 Å². The highest BCUT2D eigenvalue weighted by molar-refractivity contribution is 5.53. The van der Waals surface area contributed by atoms with Gasteiger partial charge in [0.25, 0.3) is 0 Å². The molecule has 0 bridgehead atoms. The molecule has 2 aromatic carbocycles. The van der Waals surface area contributed by atoms with Gasteiger partial charge in [-0.25, -0.2) is 0 Å². The predicted octanol–water partition coefficient (Wildman–Crippen LogP) is 7.29. The molecule has 0 atom stereocenters. The maximum Gasteiger partial charge on any atom is 0.120 e. The molecule has 1 saturated carbocycles. The molecule has 0 N–H and O–H groups in total. The van der Waals surface area contributed by atoms with E-state index in [2.05, 4.69) is 56.0 Å². The van der Waals surface area contributed by atoms with Gasteiger partial charge in [-0.15, -0.1) is 0 Å². The molecular formula is C29H35NO. The number of nitrogens with zero attached hydrogens (tertiary/aromatic N) is 1. The molecule has 0 spiro atoms. The highest BCUT2D eigenvalue weighted by Gasteiger charge is 2.19. The van der Waals surface area contributed by atoms with Gasteiger partial charge in [-0.1, -0.05) is 76.3 Å². The first-order chi connectivity index (χ1) is 15.2. The minimum absolute atomic E-state index is 0.566. The SMILES string of the molecule is CCCCOc1ccc(C#Cc2ccc(CCC3CCC(CC)CC3)cc2)c(C#N)c1. The second kappa shape index (κ2) is 12.2. The van der Waals surface area contributed by atoms with Crippen molar-refractivity contribution in [2.45, 2.75) is 71.6 Å². The summed E-state index contributed by atoms with van der Waals surface area (Å²) in [6.45, 7) is 5.14. The average Bonchev–Trinajstić information content (AvgIpc) is 2.83.